The molecular formula is C21H28N2O3. The number of hydrogen-bond acceptors (Lipinski definition) is 4. The van der Waals surface area contributed by atoms with Gasteiger partial charge in [0.2, 0.25) is 0 Å². The Labute approximate surface area is 155 Å². The second kappa shape index (κ2) is 7.62. The lowest BCUT2D eigenvalue weighted by Gasteiger charge is -2.28. The van der Waals surface area contributed by atoms with Crippen LogP contribution in [-0.4, -0.2) is 52.8 Å². The molecule has 0 spiro atoms. The molecular weight excluding hydrogens is 328 g/mol. The number of carbonyl (C=O) groups excluding carboxylic acids is 2. The quantitative estimate of drug-likeness (QED) is 0.850. The molecule has 1 saturated heterocycles. The van der Waals surface area contributed by atoms with E-state index in [0.29, 0.717) is 12.5 Å². The van der Waals surface area contributed by atoms with E-state index in [1.807, 2.05) is 24.3 Å². The maximum absolute atomic E-state index is 12.6. The molecule has 1 atom stereocenters. The second-order valence-corrected chi connectivity index (χ2v) is 7.59. The Morgan fingerprint density at radius 3 is 2.31 bits per heavy atom. The zero-order chi connectivity index (χ0) is 18.8. The van der Waals surface area contributed by atoms with Crippen molar-refractivity contribution in [2.45, 2.75) is 45.6 Å². The minimum absolute atomic E-state index is 0.216. The number of rotatable bonds is 6. The number of hydrogen-bond donors (Lipinski definition) is 1. The number of amides is 1. The first kappa shape index (κ1) is 18.6. The average molecular weight is 356 g/mol. The van der Waals surface area contributed by atoms with E-state index < -0.39 is 17.7 Å². The van der Waals surface area contributed by atoms with Gasteiger partial charge in [-0.2, -0.15) is 0 Å². The van der Waals surface area contributed by atoms with Gasteiger partial charge in [0.15, 0.2) is 11.5 Å². The fourth-order valence-electron chi connectivity index (χ4n) is 3.91. The highest BCUT2D eigenvalue weighted by Crippen LogP contribution is 2.37. The van der Waals surface area contributed by atoms with Crippen LogP contribution in [0.15, 0.2) is 35.6 Å². The zero-order valence-corrected chi connectivity index (χ0v) is 15.9. The van der Waals surface area contributed by atoms with Crippen molar-refractivity contribution in [3.63, 3.8) is 0 Å². The molecule has 5 heteroatoms. The Morgan fingerprint density at radius 2 is 1.77 bits per heavy atom. The van der Waals surface area contributed by atoms with Crippen LogP contribution in [0.3, 0.4) is 0 Å². The number of ketones is 1. The largest absolute Gasteiger partial charge is 0.503 e. The monoisotopic (exact) mass is 356 g/mol. The number of aliphatic hydroxyl groups is 1. The molecule has 1 aromatic rings. The molecule has 3 rings (SSSR count). The standard InChI is InChI=1S/C21H28N2O3/c1-14(2)16-6-8-17(9-7-16)19-18(15(3)24)20(25)21(26)23(19)13-12-22-10-4-5-11-22/h6-9,14,19,25H,4-5,10-13H2,1-3H3. The predicted molar refractivity (Wildman–Crippen MR) is 101 cm³/mol. The van der Waals surface area contributed by atoms with Crippen LogP contribution in [0.4, 0.5) is 0 Å². The third-order valence-corrected chi connectivity index (χ3v) is 5.46. The highest BCUT2D eigenvalue weighted by atomic mass is 16.3. The molecule has 0 saturated carbocycles. The summed E-state index contributed by atoms with van der Waals surface area (Å²) < 4.78 is 0. The van der Waals surface area contributed by atoms with Crippen molar-refractivity contribution in [3.8, 4) is 0 Å². The number of carbonyl (C=O) groups is 2. The van der Waals surface area contributed by atoms with Gasteiger partial charge in [0, 0.05) is 13.1 Å². The fraction of sp³-hybridized carbons (Fsp3) is 0.524. The van der Waals surface area contributed by atoms with Gasteiger partial charge in [0.1, 0.15) is 0 Å². The minimum atomic E-state index is -0.496. The number of nitrogens with zero attached hydrogens (tertiary/aromatic N) is 2. The van der Waals surface area contributed by atoms with Crippen LogP contribution in [0, 0.1) is 0 Å². The topological polar surface area (TPSA) is 60.9 Å². The summed E-state index contributed by atoms with van der Waals surface area (Å²) in [4.78, 5) is 28.8. The van der Waals surface area contributed by atoms with Crippen LogP contribution in [0.1, 0.15) is 56.7 Å². The van der Waals surface area contributed by atoms with Crippen molar-refractivity contribution in [3.05, 3.63) is 46.7 Å². The molecule has 0 aliphatic carbocycles. The first-order valence-corrected chi connectivity index (χ1v) is 9.47. The summed E-state index contributed by atoms with van der Waals surface area (Å²) in [5, 5.41) is 10.3. The van der Waals surface area contributed by atoms with Crippen LogP contribution in [-0.2, 0) is 9.59 Å². The summed E-state index contributed by atoms with van der Waals surface area (Å²) in [6.45, 7) is 9.05. The molecule has 26 heavy (non-hydrogen) atoms. The Hall–Kier alpha value is -2.14. The maximum Gasteiger partial charge on any atom is 0.290 e. The van der Waals surface area contributed by atoms with E-state index in [9.17, 15) is 14.7 Å². The molecule has 140 valence electrons. The summed E-state index contributed by atoms with van der Waals surface area (Å²) in [5.41, 5.74) is 2.30. The van der Waals surface area contributed by atoms with E-state index in [2.05, 4.69) is 18.7 Å². The maximum atomic E-state index is 12.6. The molecule has 1 fully saturated rings. The summed E-state index contributed by atoms with van der Waals surface area (Å²) in [5.74, 6) is -0.668. The molecule has 2 aliphatic rings. The molecule has 0 radical (unpaired) electrons. The van der Waals surface area contributed by atoms with Gasteiger partial charge in [-0.1, -0.05) is 38.1 Å². The van der Waals surface area contributed by atoms with E-state index in [0.717, 1.165) is 25.2 Å². The molecule has 2 aliphatic heterocycles. The molecule has 5 nitrogen and oxygen atoms in total. The van der Waals surface area contributed by atoms with Crippen LogP contribution < -0.4 is 0 Å². The Morgan fingerprint density at radius 1 is 1.15 bits per heavy atom. The van der Waals surface area contributed by atoms with Gasteiger partial charge >= 0.3 is 0 Å². The number of likely N-dealkylation sites (tertiary alicyclic amines) is 1. The number of aliphatic hydroxyl groups excluding tert-OH is 1. The van der Waals surface area contributed by atoms with E-state index in [4.69, 9.17) is 0 Å². The van der Waals surface area contributed by atoms with Gasteiger partial charge in [-0.05, 0) is 49.9 Å². The van der Waals surface area contributed by atoms with Gasteiger partial charge in [-0.3, -0.25) is 9.59 Å². The average Bonchev–Trinajstić information content (AvgIpc) is 3.21. The lowest BCUT2D eigenvalue weighted by molar-refractivity contribution is -0.129. The minimum Gasteiger partial charge on any atom is -0.503 e. The van der Waals surface area contributed by atoms with Crippen molar-refractivity contribution in [2.24, 2.45) is 0 Å². The van der Waals surface area contributed by atoms with Crippen molar-refractivity contribution in [1.29, 1.82) is 0 Å². The number of benzene rings is 1. The number of Topliss-reactive ketones (excluding diaryl/α,β-unsaturated/α-hetero) is 1. The SMILES string of the molecule is CC(=O)C1=C(O)C(=O)N(CCN2CCCC2)C1c1ccc(C(C)C)cc1. The molecule has 0 aromatic heterocycles. The lowest BCUT2D eigenvalue weighted by Crippen LogP contribution is -2.37. The van der Waals surface area contributed by atoms with Crippen molar-refractivity contribution in [2.75, 3.05) is 26.2 Å². The summed E-state index contributed by atoms with van der Waals surface area (Å²) in [6.07, 6.45) is 2.38. The van der Waals surface area contributed by atoms with Gasteiger partial charge in [-0.15, -0.1) is 0 Å². The third kappa shape index (κ3) is 3.54. The van der Waals surface area contributed by atoms with Crippen molar-refractivity contribution < 1.29 is 14.7 Å². The highest BCUT2D eigenvalue weighted by molar-refractivity contribution is 6.08. The van der Waals surface area contributed by atoms with Crippen LogP contribution in [0.5, 0.6) is 0 Å². The lowest BCUT2D eigenvalue weighted by atomic mass is 9.94. The first-order valence-electron chi connectivity index (χ1n) is 9.47. The van der Waals surface area contributed by atoms with Gasteiger partial charge in [-0.25, -0.2) is 0 Å². The van der Waals surface area contributed by atoms with E-state index in [1.54, 1.807) is 4.90 Å². The molecule has 1 aromatic carbocycles. The van der Waals surface area contributed by atoms with Crippen molar-refractivity contribution in [1.82, 2.24) is 9.80 Å². The van der Waals surface area contributed by atoms with Gasteiger partial charge < -0.3 is 14.9 Å². The normalized spacial score (nSPS) is 21.3. The predicted octanol–water partition coefficient (Wildman–Crippen LogP) is 3.19. The van der Waals surface area contributed by atoms with Crippen LogP contribution in [0.25, 0.3) is 0 Å². The summed E-state index contributed by atoms with van der Waals surface area (Å²) in [7, 11) is 0. The molecule has 1 amide bonds. The zero-order valence-electron chi connectivity index (χ0n) is 15.9. The van der Waals surface area contributed by atoms with Crippen LogP contribution >= 0.6 is 0 Å². The fourth-order valence-corrected chi connectivity index (χ4v) is 3.91. The van der Waals surface area contributed by atoms with Crippen molar-refractivity contribution >= 4 is 11.7 Å². The summed E-state index contributed by atoms with van der Waals surface area (Å²) >= 11 is 0. The van der Waals surface area contributed by atoms with Crippen LogP contribution in [0.2, 0.25) is 0 Å². The molecule has 1 unspecified atom stereocenters. The third-order valence-electron chi connectivity index (χ3n) is 5.46. The molecule has 1 N–H and O–H groups in total. The van der Waals surface area contributed by atoms with Gasteiger partial charge in [0.25, 0.3) is 5.91 Å². The van der Waals surface area contributed by atoms with Gasteiger partial charge in [0.05, 0.1) is 11.6 Å². The van der Waals surface area contributed by atoms with E-state index >= 15 is 0 Å². The van der Waals surface area contributed by atoms with E-state index in [1.165, 1.54) is 25.3 Å². The summed E-state index contributed by atoms with van der Waals surface area (Å²) in [6, 6.07) is 7.52. The second-order valence-electron chi connectivity index (χ2n) is 7.59. The first-order chi connectivity index (χ1) is 12.4. The Bertz CT molecular complexity index is 715. The smallest absolute Gasteiger partial charge is 0.290 e. The highest BCUT2D eigenvalue weighted by Gasteiger charge is 2.42. The molecule has 0 bridgehead atoms. The Balaban J connectivity index is 1.89. The Kier molecular flexibility index (Phi) is 5.47. The van der Waals surface area contributed by atoms with E-state index in [-0.39, 0.29) is 11.4 Å². The molecule has 2 heterocycles.